The van der Waals surface area contributed by atoms with E-state index in [1.807, 2.05) is 43.7 Å². The van der Waals surface area contributed by atoms with Gasteiger partial charge in [0.1, 0.15) is 12.2 Å². The van der Waals surface area contributed by atoms with Crippen LogP contribution in [0.4, 0.5) is 0 Å². The van der Waals surface area contributed by atoms with Crippen LogP contribution < -0.4 is 10.7 Å². The van der Waals surface area contributed by atoms with E-state index in [0.717, 1.165) is 34.5 Å². The summed E-state index contributed by atoms with van der Waals surface area (Å²) in [7, 11) is 0. The monoisotopic (exact) mass is 311 g/mol. The molecule has 3 aromatic rings. The van der Waals surface area contributed by atoms with Crippen LogP contribution in [-0.2, 0) is 13.1 Å². The van der Waals surface area contributed by atoms with Gasteiger partial charge in [-0.15, -0.1) is 0 Å². The molecule has 0 aliphatic carbocycles. The Hall–Kier alpha value is -2.47. The van der Waals surface area contributed by atoms with Gasteiger partial charge >= 0.3 is 0 Å². The van der Waals surface area contributed by atoms with Gasteiger partial charge in [0, 0.05) is 35.8 Å². The number of aryl methyl sites for hydroxylation is 2. The van der Waals surface area contributed by atoms with E-state index in [4.69, 9.17) is 0 Å². The standard InChI is InChI=1S/C17H21N5O/c1-4-22-17(19-10-20-22)12(3)18-9-13-8-16(23)14-7-11(2)5-6-15(14)21-13/h5-8,10,12,18H,4,9H2,1-3H3,(H,21,23)/t12-/m1/s1. The Bertz CT molecular complexity index is 880. The third-order valence-electron chi connectivity index (χ3n) is 3.97. The molecule has 0 fully saturated rings. The van der Waals surface area contributed by atoms with Gasteiger partial charge in [0.25, 0.3) is 0 Å². The maximum absolute atomic E-state index is 12.3. The van der Waals surface area contributed by atoms with E-state index in [1.165, 1.54) is 0 Å². The van der Waals surface area contributed by atoms with E-state index in [2.05, 4.69) is 20.4 Å². The lowest BCUT2D eigenvalue weighted by Gasteiger charge is -2.14. The normalized spacial score (nSPS) is 12.7. The molecule has 1 aromatic carbocycles. The molecule has 0 aliphatic rings. The maximum Gasteiger partial charge on any atom is 0.189 e. The molecule has 3 rings (SSSR count). The van der Waals surface area contributed by atoms with Gasteiger partial charge in [-0.3, -0.25) is 4.79 Å². The molecular weight excluding hydrogens is 290 g/mol. The molecule has 120 valence electrons. The molecule has 0 saturated heterocycles. The van der Waals surface area contributed by atoms with Crippen molar-refractivity contribution in [2.75, 3.05) is 0 Å². The van der Waals surface area contributed by atoms with Gasteiger partial charge in [0.15, 0.2) is 5.43 Å². The molecule has 2 N–H and O–H groups in total. The summed E-state index contributed by atoms with van der Waals surface area (Å²) in [4.78, 5) is 19.9. The second-order valence-electron chi connectivity index (χ2n) is 5.74. The Morgan fingerprint density at radius 1 is 1.35 bits per heavy atom. The smallest absolute Gasteiger partial charge is 0.189 e. The topological polar surface area (TPSA) is 75.6 Å². The SMILES string of the molecule is CCn1ncnc1[C@@H](C)NCc1cc(=O)c2cc(C)ccc2[nH]1. The number of nitrogens with zero attached hydrogens (tertiary/aromatic N) is 3. The first-order valence-corrected chi connectivity index (χ1v) is 7.82. The third-order valence-corrected chi connectivity index (χ3v) is 3.97. The number of aromatic amines is 1. The molecule has 0 bridgehead atoms. The Kier molecular flexibility index (Phi) is 4.25. The van der Waals surface area contributed by atoms with Gasteiger partial charge in [0.05, 0.1) is 6.04 Å². The summed E-state index contributed by atoms with van der Waals surface area (Å²) in [6.07, 6.45) is 1.57. The van der Waals surface area contributed by atoms with E-state index < -0.39 is 0 Å². The minimum Gasteiger partial charge on any atom is -0.357 e. The van der Waals surface area contributed by atoms with E-state index in [0.29, 0.717) is 6.54 Å². The number of benzene rings is 1. The minimum atomic E-state index is 0.0450. The summed E-state index contributed by atoms with van der Waals surface area (Å²) in [6.45, 7) is 7.41. The lowest BCUT2D eigenvalue weighted by molar-refractivity contribution is 0.495. The average Bonchev–Trinajstić information content (AvgIpc) is 3.02. The number of hydrogen-bond donors (Lipinski definition) is 2. The van der Waals surface area contributed by atoms with Crippen LogP contribution in [0.15, 0.2) is 35.4 Å². The number of rotatable bonds is 5. The highest BCUT2D eigenvalue weighted by atomic mass is 16.1. The molecule has 1 atom stereocenters. The van der Waals surface area contributed by atoms with Crippen molar-refractivity contribution in [1.82, 2.24) is 25.1 Å². The highest BCUT2D eigenvalue weighted by Crippen LogP contribution is 2.12. The highest BCUT2D eigenvalue weighted by Gasteiger charge is 2.12. The van der Waals surface area contributed by atoms with Crippen LogP contribution in [0, 0.1) is 6.92 Å². The van der Waals surface area contributed by atoms with Gasteiger partial charge < -0.3 is 10.3 Å². The number of nitrogens with one attached hydrogen (secondary N) is 2. The highest BCUT2D eigenvalue weighted by molar-refractivity contribution is 5.79. The van der Waals surface area contributed by atoms with E-state index in [1.54, 1.807) is 12.4 Å². The van der Waals surface area contributed by atoms with E-state index in [-0.39, 0.29) is 11.5 Å². The largest absolute Gasteiger partial charge is 0.357 e. The molecule has 6 nitrogen and oxygen atoms in total. The fourth-order valence-corrected chi connectivity index (χ4v) is 2.72. The lowest BCUT2D eigenvalue weighted by Crippen LogP contribution is -2.23. The van der Waals surface area contributed by atoms with Crippen LogP contribution in [0.5, 0.6) is 0 Å². The zero-order valence-corrected chi connectivity index (χ0v) is 13.6. The second-order valence-corrected chi connectivity index (χ2v) is 5.74. The van der Waals surface area contributed by atoms with Crippen molar-refractivity contribution in [2.24, 2.45) is 0 Å². The van der Waals surface area contributed by atoms with Crippen molar-refractivity contribution < 1.29 is 0 Å². The zero-order chi connectivity index (χ0) is 16.4. The Labute approximate surface area is 134 Å². The minimum absolute atomic E-state index is 0.0450. The first-order valence-electron chi connectivity index (χ1n) is 7.82. The fraction of sp³-hybridized carbons (Fsp3) is 0.353. The van der Waals surface area contributed by atoms with Gasteiger partial charge in [-0.25, -0.2) is 9.67 Å². The second kappa shape index (κ2) is 6.34. The molecule has 2 aromatic heterocycles. The summed E-state index contributed by atoms with van der Waals surface area (Å²) in [5.41, 5.74) is 2.86. The van der Waals surface area contributed by atoms with Gasteiger partial charge in [-0.2, -0.15) is 5.10 Å². The molecule has 23 heavy (non-hydrogen) atoms. The van der Waals surface area contributed by atoms with Gasteiger partial charge in [-0.1, -0.05) is 11.6 Å². The molecule has 0 spiro atoms. The van der Waals surface area contributed by atoms with E-state index in [9.17, 15) is 4.79 Å². The summed E-state index contributed by atoms with van der Waals surface area (Å²) in [5.74, 6) is 0.895. The van der Waals surface area contributed by atoms with Crippen molar-refractivity contribution >= 4 is 10.9 Å². The number of hydrogen-bond acceptors (Lipinski definition) is 4. The summed E-state index contributed by atoms with van der Waals surface area (Å²) in [6, 6.07) is 7.58. The first kappa shape index (κ1) is 15.4. The summed E-state index contributed by atoms with van der Waals surface area (Å²) in [5, 5.41) is 8.30. The van der Waals surface area contributed by atoms with Gasteiger partial charge in [-0.05, 0) is 32.9 Å². The quantitative estimate of drug-likeness (QED) is 0.758. The van der Waals surface area contributed by atoms with Crippen molar-refractivity contribution in [3.63, 3.8) is 0 Å². The zero-order valence-electron chi connectivity index (χ0n) is 13.6. The molecule has 0 aliphatic heterocycles. The van der Waals surface area contributed by atoms with Gasteiger partial charge in [0.2, 0.25) is 0 Å². The molecular formula is C17H21N5O. The Morgan fingerprint density at radius 2 is 2.17 bits per heavy atom. The van der Waals surface area contributed by atoms with Crippen molar-refractivity contribution in [2.45, 2.75) is 39.9 Å². The van der Waals surface area contributed by atoms with E-state index >= 15 is 0 Å². The first-order chi connectivity index (χ1) is 11.1. The van der Waals surface area contributed by atoms with Crippen molar-refractivity contribution in [1.29, 1.82) is 0 Å². The van der Waals surface area contributed by atoms with Crippen molar-refractivity contribution in [3.05, 3.63) is 57.9 Å². The number of fused-ring (bicyclic) bond motifs is 1. The fourth-order valence-electron chi connectivity index (χ4n) is 2.72. The third kappa shape index (κ3) is 3.17. The molecule has 0 amide bonds. The number of H-pyrrole nitrogens is 1. The van der Waals surface area contributed by atoms with Crippen LogP contribution in [0.2, 0.25) is 0 Å². The van der Waals surface area contributed by atoms with Crippen LogP contribution in [0.25, 0.3) is 10.9 Å². The molecule has 2 heterocycles. The Balaban J connectivity index is 1.79. The summed E-state index contributed by atoms with van der Waals surface area (Å²) >= 11 is 0. The number of pyridine rings is 1. The molecule has 0 radical (unpaired) electrons. The molecule has 0 unspecified atom stereocenters. The van der Waals surface area contributed by atoms with Crippen LogP contribution >= 0.6 is 0 Å². The van der Waals surface area contributed by atoms with Crippen molar-refractivity contribution in [3.8, 4) is 0 Å². The molecule has 6 heteroatoms. The predicted octanol–water partition coefficient (Wildman–Crippen LogP) is 2.30. The summed E-state index contributed by atoms with van der Waals surface area (Å²) < 4.78 is 1.86. The van der Waals surface area contributed by atoms with Crippen LogP contribution in [-0.4, -0.2) is 19.7 Å². The van der Waals surface area contributed by atoms with Crippen LogP contribution in [0.1, 0.15) is 37.0 Å². The lowest BCUT2D eigenvalue weighted by atomic mass is 10.1. The number of aromatic nitrogens is 4. The average molecular weight is 311 g/mol. The van der Waals surface area contributed by atoms with Crippen LogP contribution in [0.3, 0.4) is 0 Å². The maximum atomic E-state index is 12.3. The predicted molar refractivity (Wildman–Crippen MR) is 90.3 cm³/mol. The molecule has 0 saturated carbocycles. The Morgan fingerprint density at radius 3 is 2.96 bits per heavy atom.